The van der Waals surface area contributed by atoms with Crippen LogP contribution in [0.1, 0.15) is 13.3 Å². The summed E-state index contributed by atoms with van der Waals surface area (Å²) in [6.45, 7) is 17.7. The van der Waals surface area contributed by atoms with E-state index in [-0.39, 0.29) is 0 Å². The van der Waals surface area contributed by atoms with E-state index in [0.29, 0.717) is 6.04 Å². The van der Waals surface area contributed by atoms with Crippen molar-refractivity contribution in [3.63, 3.8) is 0 Å². The summed E-state index contributed by atoms with van der Waals surface area (Å²) in [7, 11) is -3.32. The molecule has 0 spiro atoms. The van der Waals surface area contributed by atoms with Gasteiger partial charge in [-0.3, -0.25) is 0 Å². The van der Waals surface area contributed by atoms with E-state index < -0.39 is 25.5 Å². The smallest absolute Gasteiger partial charge is 0.258 e. The first-order chi connectivity index (χ1) is 7.14. The Kier molecular flexibility index (Phi) is 7.06. The quantitative estimate of drug-likeness (QED) is 0.529. The van der Waals surface area contributed by atoms with Gasteiger partial charge < -0.3 is 8.66 Å². The number of halogens is 1. The molecular weight excluding hydrogens is 270 g/mol. The van der Waals surface area contributed by atoms with Gasteiger partial charge in [-0.15, -0.1) is 11.1 Å². The van der Waals surface area contributed by atoms with E-state index >= 15 is 0 Å². The van der Waals surface area contributed by atoms with Crippen LogP contribution in [0.15, 0.2) is 0 Å². The second-order valence-electron chi connectivity index (χ2n) is 6.25. The van der Waals surface area contributed by atoms with Gasteiger partial charge in [-0.05, 0) is 6.42 Å². The molecule has 0 fully saturated rings. The van der Waals surface area contributed by atoms with Crippen LogP contribution in [0.5, 0.6) is 0 Å². The highest BCUT2D eigenvalue weighted by Crippen LogP contribution is 2.24. The van der Waals surface area contributed by atoms with Crippen LogP contribution in [0.3, 0.4) is 0 Å². The van der Waals surface area contributed by atoms with Gasteiger partial charge in [0.15, 0.2) is 0 Å². The van der Waals surface area contributed by atoms with E-state index in [1.54, 1.807) is 0 Å². The van der Waals surface area contributed by atoms with Crippen LogP contribution in [0.25, 0.3) is 0 Å². The van der Waals surface area contributed by atoms with Gasteiger partial charge in [0.2, 0.25) is 0 Å². The van der Waals surface area contributed by atoms with Gasteiger partial charge in [-0.1, -0.05) is 46.2 Å². The average Bonchev–Trinajstić information content (AvgIpc) is 2.07. The summed E-state index contributed by atoms with van der Waals surface area (Å²) in [6, 6.07) is 0.574. The molecule has 0 rings (SSSR count). The molecule has 0 saturated heterocycles. The number of hydrogen-bond donors (Lipinski definition) is 0. The Morgan fingerprint density at radius 2 is 1.56 bits per heavy atom. The molecule has 16 heavy (non-hydrogen) atoms. The minimum atomic E-state index is -1.27. The lowest BCUT2D eigenvalue weighted by Crippen LogP contribution is -2.64. The third kappa shape index (κ3) is 5.46. The molecule has 2 nitrogen and oxygen atoms in total. The standard InChI is InChI=1S/C10H28ClNOSi3/c1-8-10(9-13-14-11)12(15(2,3)4)16(5,6)7/h10H,8-9,14H2,1-7H3. The first-order valence-corrected chi connectivity index (χ1v) is 15.7. The summed E-state index contributed by atoms with van der Waals surface area (Å²) in [4.78, 5) is 0. The summed E-state index contributed by atoms with van der Waals surface area (Å²) in [5.74, 6) is 0. The zero-order valence-corrected chi connectivity index (χ0v) is 16.1. The zero-order chi connectivity index (χ0) is 13.0. The molecule has 0 amide bonds. The Morgan fingerprint density at radius 3 is 1.81 bits per heavy atom. The van der Waals surface area contributed by atoms with Crippen molar-refractivity contribution in [1.29, 1.82) is 0 Å². The predicted octanol–water partition coefficient (Wildman–Crippen LogP) is 2.99. The van der Waals surface area contributed by atoms with Crippen LogP contribution < -0.4 is 0 Å². The molecule has 0 heterocycles. The van der Waals surface area contributed by atoms with Crippen molar-refractivity contribution in [2.75, 3.05) is 6.61 Å². The van der Waals surface area contributed by atoms with Crippen LogP contribution in [-0.2, 0) is 4.43 Å². The Labute approximate surface area is 111 Å². The van der Waals surface area contributed by atoms with Crippen molar-refractivity contribution in [3.8, 4) is 0 Å². The molecule has 98 valence electrons. The van der Waals surface area contributed by atoms with Crippen LogP contribution in [0, 0.1) is 0 Å². The summed E-state index contributed by atoms with van der Waals surface area (Å²) in [5, 5.41) is 0. The first kappa shape index (κ1) is 16.9. The summed E-state index contributed by atoms with van der Waals surface area (Å²) < 4.78 is 8.39. The van der Waals surface area contributed by atoms with Gasteiger partial charge >= 0.3 is 0 Å². The van der Waals surface area contributed by atoms with Gasteiger partial charge in [0.1, 0.15) is 16.5 Å². The van der Waals surface area contributed by atoms with Crippen molar-refractivity contribution in [3.05, 3.63) is 0 Å². The maximum atomic E-state index is 5.76. The molecule has 0 aliphatic heterocycles. The highest BCUT2D eigenvalue weighted by atomic mass is 35.6. The molecule has 0 radical (unpaired) electrons. The van der Waals surface area contributed by atoms with Gasteiger partial charge in [-0.2, -0.15) is 0 Å². The van der Waals surface area contributed by atoms with Gasteiger partial charge in [-0.25, -0.2) is 0 Å². The second kappa shape index (κ2) is 6.70. The molecule has 1 atom stereocenters. The van der Waals surface area contributed by atoms with Crippen molar-refractivity contribution < 1.29 is 4.43 Å². The van der Waals surface area contributed by atoms with Gasteiger partial charge in [0.05, 0.1) is 0 Å². The Morgan fingerprint density at radius 1 is 1.12 bits per heavy atom. The Bertz CT molecular complexity index is 189. The lowest BCUT2D eigenvalue weighted by atomic mass is 10.3. The Hall–Kier alpha value is 0.861. The van der Waals surface area contributed by atoms with E-state index in [1.165, 1.54) is 6.42 Å². The monoisotopic (exact) mass is 297 g/mol. The third-order valence-electron chi connectivity index (χ3n) is 2.67. The molecular formula is C10H28ClNOSi3. The average molecular weight is 298 g/mol. The van der Waals surface area contributed by atoms with Crippen LogP contribution in [0.4, 0.5) is 0 Å². The molecule has 0 N–H and O–H groups in total. The van der Waals surface area contributed by atoms with E-state index in [0.717, 1.165) is 6.61 Å². The Balaban J connectivity index is 4.86. The first-order valence-electron chi connectivity index (χ1n) is 6.07. The van der Waals surface area contributed by atoms with Crippen LogP contribution in [-0.4, -0.2) is 42.4 Å². The molecule has 0 aromatic rings. The molecule has 6 heteroatoms. The maximum Gasteiger partial charge on any atom is 0.258 e. The molecule has 0 saturated carbocycles. The highest BCUT2D eigenvalue weighted by molar-refractivity contribution is 6.90. The fourth-order valence-corrected chi connectivity index (χ4v) is 14.0. The fourth-order valence-electron chi connectivity index (χ4n) is 2.66. The topological polar surface area (TPSA) is 12.5 Å². The summed E-state index contributed by atoms with van der Waals surface area (Å²) in [5.41, 5.74) is 0. The van der Waals surface area contributed by atoms with E-state index in [9.17, 15) is 0 Å². The summed E-state index contributed by atoms with van der Waals surface area (Å²) in [6.07, 6.45) is 1.17. The predicted molar refractivity (Wildman–Crippen MR) is 83.0 cm³/mol. The van der Waals surface area contributed by atoms with E-state index in [2.05, 4.69) is 50.4 Å². The van der Waals surface area contributed by atoms with Crippen molar-refractivity contribution in [1.82, 2.24) is 4.23 Å². The van der Waals surface area contributed by atoms with Crippen LogP contribution >= 0.6 is 11.1 Å². The van der Waals surface area contributed by atoms with Crippen molar-refractivity contribution in [2.45, 2.75) is 58.7 Å². The number of nitrogens with zero attached hydrogens (tertiary/aromatic N) is 1. The second-order valence-corrected chi connectivity index (χ2v) is 17.6. The number of hydrogen-bond acceptors (Lipinski definition) is 2. The molecule has 0 aromatic heterocycles. The SMILES string of the molecule is CCC(CO[SiH2]Cl)N([Si](C)(C)C)[Si](C)(C)C. The van der Waals surface area contributed by atoms with Gasteiger partial charge in [0.25, 0.3) is 9.07 Å². The lowest BCUT2D eigenvalue weighted by Gasteiger charge is -2.48. The normalized spacial score (nSPS) is 16.3. The van der Waals surface area contributed by atoms with E-state index in [1.807, 2.05) is 0 Å². The summed E-state index contributed by atoms with van der Waals surface area (Å²) >= 11 is 5.76. The maximum absolute atomic E-state index is 5.76. The molecule has 0 aliphatic carbocycles. The molecule has 0 aromatic carbocycles. The molecule has 0 bridgehead atoms. The van der Waals surface area contributed by atoms with Crippen molar-refractivity contribution >= 4 is 36.6 Å². The lowest BCUT2D eigenvalue weighted by molar-refractivity contribution is 0.250. The molecule has 0 aliphatic rings. The molecule has 1 unspecified atom stereocenters. The zero-order valence-electron chi connectivity index (χ0n) is 11.9. The van der Waals surface area contributed by atoms with Gasteiger partial charge in [0, 0.05) is 12.6 Å². The fraction of sp³-hybridized carbons (Fsp3) is 1.00. The van der Waals surface area contributed by atoms with Crippen molar-refractivity contribution in [2.24, 2.45) is 0 Å². The minimum Gasteiger partial charge on any atom is -0.406 e. The number of rotatable bonds is 7. The largest absolute Gasteiger partial charge is 0.406 e. The minimum absolute atomic E-state index is 0.574. The third-order valence-corrected chi connectivity index (χ3v) is 11.2. The van der Waals surface area contributed by atoms with E-state index in [4.69, 9.17) is 15.5 Å². The highest BCUT2D eigenvalue weighted by Gasteiger charge is 2.38. The van der Waals surface area contributed by atoms with Crippen LogP contribution in [0.2, 0.25) is 39.3 Å².